The predicted octanol–water partition coefficient (Wildman–Crippen LogP) is 17.3. The van der Waals surface area contributed by atoms with Crippen LogP contribution in [0.25, 0.3) is 60.9 Å². The summed E-state index contributed by atoms with van der Waals surface area (Å²) in [6, 6.07) is 109. The zero-order chi connectivity index (χ0) is 50.8. The van der Waals surface area contributed by atoms with Crippen molar-refractivity contribution in [1.82, 2.24) is 4.57 Å². The van der Waals surface area contributed by atoms with Crippen LogP contribution >= 0.6 is 0 Å². The molecule has 0 aliphatic carbocycles. The Bertz CT molecular complexity index is 4260. The number of hydrogen-bond acceptors (Lipinski definition) is 3. The predicted molar refractivity (Wildman–Crippen MR) is 326 cm³/mol. The number of benzene rings is 12. The number of aromatic nitrogens is 1. The van der Waals surface area contributed by atoms with Crippen LogP contribution in [0.15, 0.2) is 297 Å². The van der Waals surface area contributed by atoms with Crippen molar-refractivity contribution in [3.63, 3.8) is 0 Å². The zero-order valence-corrected chi connectivity index (χ0v) is 42.2. The van der Waals surface area contributed by atoms with E-state index in [1.807, 2.05) is 0 Å². The van der Waals surface area contributed by atoms with Crippen LogP contribution in [0.2, 0.25) is 0 Å². The number of rotatable bonds is 9. The first-order valence-corrected chi connectivity index (χ1v) is 26.5. The van der Waals surface area contributed by atoms with E-state index in [-0.39, 0.29) is 6.71 Å². The highest BCUT2D eigenvalue weighted by atomic mass is 15.2. The molecule has 3 heterocycles. The lowest BCUT2D eigenvalue weighted by atomic mass is 9.33. The highest BCUT2D eigenvalue weighted by Gasteiger charge is 2.45. The first kappa shape index (κ1) is 44.4. The molecular weight excluding hydrogens is 932 g/mol. The highest BCUT2D eigenvalue weighted by molar-refractivity contribution is 7.00. The first-order valence-electron chi connectivity index (χ1n) is 26.5. The molecule has 4 nitrogen and oxygen atoms in total. The van der Waals surface area contributed by atoms with E-state index in [2.05, 4.69) is 317 Å². The van der Waals surface area contributed by atoms with E-state index >= 15 is 0 Å². The molecule has 0 amide bonds. The van der Waals surface area contributed by atoms with Crippen molar-refractivity contribution in [2.24, 2.45) is 0 Å². The Hall–Kier alpha value is -10.1. The molecular formula is C72H49BN4. The first-order chi connectivity index (χ1) is 38.2. The number of para-hydroxylation sites is 4. The van der Waals surface area contributed by atoms with Crippen LogP contribution in [0, 0.1) is 0 Å². The van der Waals surface area contributed by atoms with Gasteiger partial charge in [-0.25, -0.2) is 0 Å². The molecule has 360 valence electrons. The lowest BCUT2D eigenvalue weighted by Crippen LogP contribution is -2.61. The molecule has 0 saturated carbocycles. The molecule has 0 N–H and O–H groups in total. The third-order valence-corrected chi connectivity index (χ3v) is 15.7. The quantitative estimate of drug-likeness (QED) is 0.134. The van der Waals surface area contributed by atoms with Crippen LogP contribution < -0.4 is 31.1 Å². The van der Waals surface area contributed by atoms with E-state index in [1.54, 1.807) is 0 Å². The molecule has 15 rings (SSSR count). The van der Waals surface area contributed by atoms with Crippen molar-refractivity contribution in [2.45, 2.75) is 0 Å². The maximum Gasteiger partial charge on any atom is 0.252 e. The van der Waals surface area contributed by atoms with Crippen LogP contribution in [0.4, 0.5) is 51.2 Å². The van der Waals surface area contributed by atoms with Crippen molar-refractivity contribution >= 4 is 96.1 Å². The molecule has 0 radical (unpaired) electrons. The third-order valence-electron chi connectivity index (χ3n) is 15.7. The van der Waals surface area contributed by atoms with Crippen LogP contribution in [0.1, 0.15) is 0 Å². The summed E-state index contributed by atoms with van der Waals surface area (Å²) >= 11 is 0. The average Bonchev–Trinajstić information content (AvgIpc) is 3.88. The lowest BCUT2D eigenvalue weighted by Gasteiger charge is -2.45. The minimum atomic E-state index is -0.146. The fourth-order valence-corrected chi connectivity index (χ4v) is 12.3. The molecule has 77 heavy (non-hydrogen) atoms. The topological polar surface area (TPSA) is 14.7 Å². The molecule has 2 aliphatic heterocycles. The summed E-state index contributed by atoms with van der Waals surface area (Å²) in [6.45, 7) is -0.146. The summed E-state index contributed by atoms with van der Waals surface area (Å²) in [5.41, 5.74) is 24.3. The van der Waals surface area contributed by atoms with Gasteiger partial charge in [0.05, 0.1) is 22.4 Å². The second-order valence-electron chi connectivity index (χ2n) is 20.1. The average molecular weight is 981 g/mol. The van der Waals surface area contributed by atoms with Crippen molar-refractivity contribution in [2.75, 3.05) is 14.7 Å². The summed E-state index contributed by atoms with van der Waals surface area (Å²) in [6.07, 6.45) is 0. The molecule has 13 aromatic rings. The van der Waals surface area contributed by atoms with Gasteiger partial charge >= 0.3 is 0 Å². The normalized spacial score (nSPS) is 12.3. The van der Waals surface area contributed by atoms with Crippen molar-refractivity contribution in [3.8, 4) is 39.1 Å². The minimum Gasteiger partial charge on any atom is -0.311 e. The summed E-state index contributed by atoms with van der Waals surface area (Å²) in [7, 11) is 0. The molecule has 5 heteroatoms. The van der Waals surface area contributed by atoms with Gasteiger partial charge < -0.3 is 19.3 Å². The molecule has 0 spiro atoms. The largest absolute Gasteiger partial charge is 0.311 e. The Kier molecular flexibility index (Phi) is 10.6. The Morgan fingerprint density at radius 1 is 0.286 bits per heavy atom. The zero-order valence-electron chi connectivity index (χ0n) is 42.2. The molecule has 0 atom stereocenters. The van der Waals surface area contributed by atoms with E-state index in [0.29, 0.717) is 0 Å². The minimum absolute atomic E-state index is 0.146. The second-order valence-corrected chi connectivity index (χ2v) is 20.1. The molecule has 0 bridgehead atoms. The summed E-state index contributed by atoms with van der Waals surface area (Å²) in [4.78, 5) is 7.56. The summed E-state index contributed by atoms with van der Waals surface area (Å²) in [5.74, 6) is 0. The monoisotopic (exact) mass is 980 g/mol. The Labute approximate surface area is 449 Å². The molecule has 0 unspecified atom stereocenters. The summed E-state index contributed by atoms with van der Waals surface area (Å²) < 4.78 is 2.45. The number of hydrogen-bond donors (Lipinski definition) is 0. The van der Waals surface area contributed by atoms with Gasteiger partial charge in [-0.15, -0.1) is 0 Å². The lowest BCUT2D eigenvalue weighted by molar-refractivity contribution is 1.18. The standard InChI is InChI=1S/C72H49BN4/c1-7-21-50(22-8-1)53-35-40-59(41-36-53)76-66-45-39-55(52-25-11-3-12-26-52)47-64(66)73-63-44-46-67-70(62-33-19-20-34-65(62)75(67)58-31-17-6-18-32-58)72(63)77(60-42-37-54(38-43-60)51-23-9-2-10-24-51)69-49-61(48-68(76)71(69)73)74(56-27-13-4-14-28-56)57-29-15-5-16-30-57/h1-49H. The van der Waals surface area contributed by atoms with Gasteiger partial charge in [0, 0.05) is 56.3 Å². The maximum absolute atomic E-state index is 2.60. The Balaban J connectivity index is 1.08. The second kappa shape index (κ2) is 18.4. The number of anilines is 9. The van der Waals surface area contributed by atoms with E-state index in [1.165, 1.54) is 71.7 Å². The number of fused-ring (bicyclic) bond motifs is 8. The maximum atomic E-state index is 2.60. The van der Waals surface area contributed by atoms with Crippen LogP contribution in [0.5, 0.6) is 0 Å². The van der Waals surface area contributed by atoms with E-state index < -0.39 is 0 Å². The fourth-order valence-electron chi connectivity index (χ4n) is 12.3. The molecule has 12 aromatic carbocycles. The van der Waals surface area contributed by atoms with E-state index in [0.717, 1.165) is 56.7 Å². The van der Waals surface area contributed by atoms with Crippen molar-refractivity contribution < 1.29 is 0 Å². The Morgan fingerprint density at radius 2 is 0.740 bits per heavy atom. The SMILES string of the molecule is c1ccc(-c2ccc(N3c4ccc(-c5ccccc5)cc4B4c5ccc6c(c5N(c5ccc(-c7ccccc7)cc5)c5cc(N(c7ccccc7)c7ccccc7)cc3c54)c3ccccc3n6-c3ccccc3)cc2)cc1. The molecule has 0 fully saturated rings. The third kappa shape index (κ3) is 7.39. The van der Waals surface area contributed by atoms with Gasteiger partial charge in [0.1, 0.15) is 0 Å². The van der Waals surface area contributed by atoms with Gasteiger partial charge in [-0.1, -0.05) is 206 Å². The van der Waals surface area contributed by atoms with Crippen LogP contribution in [-0.2, 0) is 0 Å². The van der Waals surface area contributed by atoms with Crippen molar-refractivity contribution in [1.29, 1.82) is 0 Å². The van der Waals surface area contributed by atoms with E-state index in [4.69, 9.17) is 0 Å². The van der Waals surface area contributed by atoms with Gasteiger partial charge in [-0.3, -0.25) is 0 Å². The molecule has 0 saturated heterocycles. The van der Waals surface area contributed by atoms with Gasteiger partial charge in [0.15, 0.2) is 0 Å². The molecule has 2 aliphatic rings. The highest BCUT2D eigenvalue weighted by Crippen LogP contribution is 2.51. The smallest absolute Gasteiger partial charge is 0.252 e. The van der Waals surface area contributed by atoms with Crippen molar-refractivity contribution in [3.05, 3.63) is 297 Å². The van der Waals surface area contributed by atoms with Crippen LogP contribution in [0.3, 0.4) is 0 Å². The van der Waals surface area contributed by atoms with Crippen LogP contribution in [-0.4, -0.2) is 11.3 Å². The van der Waals surface area contributed by atoms with Gasteiger partial charge in [0.2, 0.25) is 0 Å². The molecule has 1 aromatic heterocycles. The van der Waals surface area contributed by atoms with E-state index in [9.17, 15) is 0 Å². The summed E-state index contributed by atoms with van der Waals surface area (Å²) in [5, 5.41) is 2.42. The van der Waals surface area contributed by atoms with Gasteiger partial charge in [-0.2, -0.15) is 0 Å². The van der Waals surface area contributed by atoms with Gasteiger partial charge in [0.25, 0.3) is 6.71 Å². The van der Waals surface area contributed by atoms with Gasteiger partial charge in [-0.05, 0) is 141 Å². The number of nitrogens with zero attached hydrogens (tertiary/aromatic N) is 4. The fraction of sp³-hybridized carbons (Fsp3) is 0. The Morgan fingerprint density at radius 3 is 1.31 bits per heavy atom.